The van der Waals surface area contributed by atoms with E-state index in [9.17, 15) is 4.79 Å². The number of nitrogens with one attached hydrogen (secondary N) is 1. The monoisotopic (exact) mass is 394 g/mol. The smallest absolute Gasteiger partial charge is 0.257 e. The Bertz CT molecular complexity index is 994. The topological polar surface area (TPSA) is 88.9 Å². The molecule has 1 aliphatic rings. The molecule has 1 saturated heterocycles. The minimum atomic E-state index is -0.222. The number of H-pyrrole nitrogens is 1. The van der Waals surface area contributed by atoms with Gasteiger partial charge in [0.25, 0.3) is 5.91 Å². The molecule has 1 aliphatic heterocycles. The Labute approximate surface area is 169 Å². The molecule has 0 radical (unpaired) electrons. The maximum Gasteiger partial charge on any atom is 0.257 e. The van der Waals surface area contributed by atoms with Gasteiger partial charge in [0.2, 0.25) is 0 Å². The highest BCUT2D eigenvalue weighted by atomic mass is 16.5. The number of hydrogen-bond donors (Lipinski definition) is 1. The molecule has 1 amide bonds. The van der Waals surface area contributed by atoms with E-state index in [0.29, 0.717) is 31.0 Å². The van der Waals surface area contributed by atoms with E-state index < -0.39 is 0 Å². The van der Waals surface area contributed by atoms with Gasteiger partial charge in [-0.05, 0) is 26.3 Å². The molecule has 3 aromatic rings. The van der Waals surface area contributed by atoms with E-state index in [2.05, 4.69) is 45.4 Å². The van der Waals surface area contributed by atoms with Gasteiger partial charge < -0.3 is 9.64 Å². The van der Waals surface area contributed by atoms with Crippen LogP contribution in [0.15, 0.2) is 36.7 Å². The SMILES string of the molecule is CCn1cc(C(=O)N2CC(OCc3cccc(C)c3)CC2c2n[nH]c(C)n2)cn1. The molecule has 2 unspecified atom stereocenters. The first-order valence-corrected chi connectivity index (χ1v) is 9.93. The van der Waals surface area contributed by atoms with Crippen molar-refractivity contribution >= 4 is 5.91 Å². The van der Waals surface area contributed by atoms with E-state index in [1.165, 1.54) is 5.56 Å². The van der Waals surface area contributed by atoms with Crippen LogP contribution in [0.4, 0.5) is 0 Å². The van der Waals surface area contributed by atoms with Crippen LogP contribution in [0.3, 0.4) is 0 Å². The van der Waals surface area contributed by atoms with Gasteiger partial charge in [-0.3, -0.25) is 14.6 Å². The normalized spacial score (nSPS) is 19.1. The second-order valence-electron chi connectivity index (χ2n) is 7.49. The number of benzene rings is 1. The zero-order valence-corrected chi connectivity index (χ0v) is 17.0. The number of carbonyl (C=O) groups is 1. The first-order chi connectivity index (χ1) is 14.0. The highest BCUT2D eigenvalue weighted by Crippen LogP contribution is 2.33. The Balaban J connectivity index is 1.52. The van der Waals surface area contributed by atoms with Crippen LogP contribution in [-0.4, -0.2) is 48.4 Å². The molecule has 8 nitrogen and oxygen atoms in total. The minimum Gasteiger partial charge on any atom is -0.372 e. The van der Waals surface area contributed by atoms with Crippen LogP contribution in [0.2, 0.25) is 0 Å². The lowest BCUT2D eigenvalue weighted by molar-refractivity contribution is 0.0437. The van der Waals surface area contributed by atoms with E-state index in [4.69, 9.17) is 4.74 Å². The number of likely N-dealkylation sites (tertiary alicyclic amines) is 1. The Morgan fingerprint density at radius 1 is 1.34 bits per heavy atom. The van der Waals surface area contributed by atoms with Crippen LogP contribution < -0.4 is 0 Å². The summed E-state index contributed by atoms with van der Waals surface area (Å²) in [5.74, 6) is 1.29. The lowest BCUT2D eigenvalue weighted by atomic mass is 10.1. The predicted octanol–water partition coefficient (Wildman–Crippen LogP) is 2.81. The fraction of sp³-hybridized carbons (Fsp3) is 0.429. The first kappa shape index (κ1) is 19.3. The van der Waals surface area contributed by atoms with Gasteiger partial charge in [-0.2, -0.15) is 10.2 Å². The van der Waals surface area contributed by atoms with Crippen LogP contribution in [-0.2, 0) is 17.9 Å². The second-order valence-corrected chi connectivity index (χ2v) is 7.49. The molecule has 2 aromatic heterocycles. The van der Waals surface area contributed by atoms with Crippen molar-refractivity contribution in [3.8, 4) is 0 Å². The fourth-order valence-electron chi connectivity index (χ4n) is 3.73. The average molecular weight is 394 g/mol. The molecule has 1 N–H and O–H groups in total. The molecule has 0 aliphatic carbocycles. The predicted molar refractivity (Wildman–Crippen MR) is 107 cm³/mol. The maximum atomic E-state index is 13.2. The highest BCUT2D eigenvalue weighted by Gasteiger charge is 2.39. The van der Waals surface area contributed by atoms with Gasteiger partial charge in [-0.1, -0.05) is 29.8 Å². The average Bonchev–Trinajstić information content (AvgIpc) is 3.45. The van der Waals surface area contributed by atoms with Crippen molar-refractivity contribution in [3.63, 3.8) is 0 Å². The van der Waals surface area contributed by atoms with Crippen molar-refractivity contribution in [1.82, 2.24) is 29.9 Å². The second kappa shape index (κ2) is 8.16. The maximum absolute atomic E-state index is 13.2. The van der Waals surface area contributed by atoms with Crippen LogP contribution in [0.1, 0.15) is 52.5 Å². The molecular formula is C21H26N6O2. The van der Waals surface area contributed by atoms with Gasteiger partial charge in [0, 0.05) is 25.7 Å². The number of nitrogens with zero attached hydrogens (tertiary/aromatic N) is 5. The van der Waals surface area contributed by atoms with E-state index in [-0.39, 0.29) is 18.1 Å². The lowest BCUT2D eigenvalue weighted by Gasteiger charge is -2.21. The van der Waals surface area contributed by atoms with Crippen LogP contribution in [0.5, 0.6) is 0 Å². The Hall–Kier alpha value is -3.00. The molecule has 29 heavy (non-hydrogen) atoms. The summed E-state index contributed by atoms with van der Waals surface area (Å²) < 4.78 is 7.92. The van der Waals surface area contributed by atoms with E-state index in [0.717, 1.165) is 17.9 Å². The molecule has 152 valence electrons. The van der Waals surface area contributed by atoms with Crippen molar-refractivity contribution in [2.75, 3.05) is 6.54 Å². The van der Waals surface area contributed by atoms with Gasteiger partial charge in [-0.15, -0.1) is 0 Å². The standard InChI is InChI=1S/C21H26N6O2/c1-4-26-11-17(10-22-26)21(28)27-12-18(9-19(27)20-23-15(3)24-25-20)29-13-16-7-5-6-14(2)8-16/h5-8,10-11,18-19H,4,9,12-13H2,1-3H3,(H,23,24,25). The molecule has 2 atom stereocenters. The number of carbonyl (C=O) groups excluding carboxylic acids is 1. The Morgan fingerprint density at radius 3 is 2.90 bits per heavy atom. The largest absolute Gasteiger partial charge is 0.372 e. The number of rotatable bonds is 6. The van der Waals surface area contributed by atoms with Gasteiger partial charge >= 0.3 is 0 Å². The Kier molecular flexibility index (Phi) is 5.44. The summed E-state index contributed by atoms with van der Waals surface area (Å²) in [5, 5.41) is 11.4. The van der Waals surface area contributed by atoms with Crippen molar-refractivity contribution in [2.45, 2.75) is 52.5 Å². The fourth-order valence-corrected chi connectivity index (χ4v) is 3.73. The first-order valence-electron chi connectivity index (χ1n) is 9.93. The van der Waals surface area contributed by atoms with Crippen molar-refractivity contribution in [3.05, 3.63) is 65.0 Å². The lowest BCUT2D eigenvalue weighted by Crippen LogP contribution is -2.32. The van der Waals surface area contributed by atoms with E-state index in [1.54, 1.807) is 22.0 Å². The summed E-state index contributed by atoms with van der Waals surface area (Å²) in [7, 11) is 0. The number of aromatic amines is 1. The van der Waals surface area contributed by atoms with Crippen molar-refractivity contribution in [1.29, 1.82) is 0 Å². The summed E-state index contributed by atoms with van der Waals surface area (Å²) in [6.45, 7) is 7.65. The molecule has 4 rings (SSSR count). The number of amides is 1. The van der Waals surface area contributed by atoms with Crippen LogP contribution >= 0.6 is 0 Å². The van der Waals surface area contributed by atoms with Crippen molar-refractivity contribution in [2.24, 2.45) is 0 Å². The summed E-state index contributed by atoms with van der Waals surface area (Å²) >= 11 is 0. The van der Waals surface area contributed by atoms with Gasteiger partial charge in [0.05, 0.1) is 30.5 Å². The minimum absolute atomic E-state index is 0.0705. The molecule has 0 spiro atoms. The van der Waals surface area contributed by atoms with E-state index >= 15 is 0 Å². The zero-order chi connectivity index (χ0) is 20.4. The summed E-state index contributed by atoms with van der Waals surface area (Å²) in [4.78, 5) is 19.5. The molecule has 8 heteroatoms. The summed E-state index contributed by atoms with van der Waals surface area (Å²) in [6.07, 6.45) is 3.98. The highest BCUT2D eigenvalue weighted by molar-refractivity contribution is 5.94. The summed E-state index contributed by atoms with van der Waals surface area (Å²) in [6, 6.07) is 8.05. The van der Waals surface area contributed by atoms with Crippen LogP contribution in [0, 0.1) is 13.8 Å². The third-order valence-electron chi connectivity index (χ3n) is 5.21. The van der Waals surface area contributed by atoms with Gasteiger partial charge in [0.15, 0.2) is 5.82 Å². The number of ether oxygens (including phenoxy) is 1. The van der Waals surface area contributed by atoms with Crippen molar-refractivity contribution < 1.29 is 9.53 Å². The number of aromatic nitrogens is 5. The van der Waals surface area contributed by atoms with Crippen LogP contribution in [0.25, 0.3) is 0 Å². The molecule has 0 bridgehead atoms. The van der Waals surface area contributed by atoms with Gasteiger partial charge in [-0.25, -0.2) is 4.98 Å². The molecule has 3 heterocycles. The van der Waals surface area contributed by atoms with E-state index in [1.807, 2.05) is 19.9 Å². The number of aryl methyl sites for hydroxylation is 3. The third-order valence-corrected chi connectivity index (χ3v) is 5.21. The molecular weight excluding hydrogens is 368 g/mol. The number of hydrogen-bond acceptors (Lipinski definition) is 5. The molecule has 1 fully saturated rings. The molecule has 0 saturated carbocycles. The van der Waals surface area contributed by atoms with Gasteiger partial charge in [0.1, 0.15) is 5.82 Å². The zero-order valence-electron chi connectivity index (χ0n) is 17.0. The Morgan fingerprint density at radius 2 is 2.21 bits per heavy atom. The molecule has 1 aromatic carbocycles. The third kappa shape index (κ3) is 4.22. The quantitative estimate of drug-likeness (QED) is 0.694. The summed E-state index contributed by atoms with van der Waals surface area (Å²) in [5.41, 5.74) is 2.91.